The van der Waals surface area contributed by atoms with Crippen molar-refractivity contribution in [3.8, 4) is 0 Å². The summed E-state index contributed by atoms with van der Waals surface area (Å²) < 4.78 is 2.99. The molecular weight excluding hydrogens is 348 g/mol. The van der Waals surface area contributed by atoms with Gasteiger partial charge in [-0.15, -0.1) is 11.3 Å². The minimum Gasteiger partial charge on any atom is -0.320 e. The van der Waals surface area contributed by atoms with Crippen LogP contribution in [0.15, 0.2) is 33.7 Å². The fourth-order valence-corrected chi connectivity index (χ4v) is 3.67. The number of carbonyl (C=O) groups excluding carboxylic acids is 1. The zero-order valence-corrected chi connectivity index (χ0v) is 14.5. The molecule has 0 saturated heterocycles. The fourth-order valence-electron chi connectivity index (χ4n) is 2.24. The average Bonchev–Trinajstić information content (AvgIpc) is 3.23. The standard InChI is InChI=1S/C16H17BrN2OS/c1-10-11(2)21-16(19(10)9-12-7-8-12)18-15(20)13-5-3-4-6-14(13)17/h3-6,12H,7-9H2,1-2H3. The number of amides is 1. The van der Waals surface area contributed by atoms with Crippen LogP contribution in [0.2, 0.25) is 0 Å². The van der Waals surface area contributed by atoms with Gasteiger partial charge in [0.25, 0.3) is 5.91 Å². The quantitative estimate of drug-likeness (QED) is 0.807. The first-order valence-electron chi connectivity index (χ1n) is 7.06. The van der Waals surface area contributed by atoms with E-state index in [4.69, 9.17) is 0 Å². The van der Waals surface area contributed by atoms with Crippen LogP contribution in [0.5, 0.6) is 0 Å². The number of rotatable bonds is 3. The first-order valence-corrected chi connectivity index (χ1v) is 8.67. The molecule has 0 bridgehead atoms. The topological polar surface area (TPSA) is 34.4 Å². The molecule has 110 valence electrons. The van der Waals surface area contributed by atoms with Crippen LogP contribution in [0, 0.1) is 19.8 Å². The van der Waals surface area contributed by atoms with Crippen molar-refractivity contribution in [2.75, 3.05) is 0 Å². The van der Waals surface area contributed by atoms with Crippen LogP contribution in [0.1, 0.15) is 33.8 Å². The van der Waals surface area contributed by atoms with Crippen LogP contribution in [0.4, 0.5) is 0 Å². The largest absolute Gasteiger partial charge is 0.320 e. The van der Waals surface area contributed by atoms with Gasteiger partial charge in [0.1, 0.15) is 0 Å². The second-order valence-electron chi connectivity index (χ2n) is 5.48. The minimum absolute atomic E-state index is 0.187. The molecule has 1 aromatic carbocycles. The summed E-state index contributed by atoms with van der Waals surface area (Å²) in [6.07, 6.45) is 2.58. The van der Waals surface area contributed by atoms with Gasteiger partial charge >= 0.3 is 0 Å². The summed E-state index contributed by atoms with van der Waals surface area (Å²) in [5.74, 6) is 0.573. The van der Waals surface area contributed by atoms with E-state index in [0.29, 0.717) is 5.56 Å². The highest BCUT2D eigenvalue weighted by Crippen LogP contribution is 2.31. The van der Waals surface area contributed by atoms with Crippen LogP contribution in [-0.2, 0) is 6.54 Å². The fraction of sp³-hybridized carbons (Fsp3) is 0.375. The molecule has 1 fully saturated rings. The Morgan fingerprint density at radius 1 is 1.38 bits per heavy atom. The van der Waals surface area contributed by atoms with Crippen LogP contribution < -0.4 is 4.80 Å². The van der Waals surface area contributed by atoms with Gasteiger partial charge in [-0.05, 0) is 60.7 Å². The number of halogens is 1. The average molecular weight is 365 g/mol. The molecular formula is C16H17BrN2OS. The van der Waals surface area contributed by atoms with Crippen LogP contribution >= 0.6 is 27.3 Å². The first-order chi connectivity index (χ1) is 10.1. The minimum atomic E-state index is -0.187. The molecule has 1 saturated carbocycles. The predicted octanol–water partition coefficient (Wildman–Crippen LogP) is 4.08. The van der Waals surface area contributed by atoms with Crippen molar-refractivity contribution < 1.29 is 4.79 Å². The maximum absolute atomic E-state index is 12.4. The lowest BCUT2D eigenvalue weighted by molar-refractivity contribution is 0.0997. The van der Waals surface area contributed by atoms with Crippen molar-refractivity contribution in [3.05, 3.63) is 49.7 Å². The lowest BCUT2D eigenvalue weighted by Crippen LogP contribution is -2.19. The van der Waals surface area contributed by atoms with Crippen molar-refractivity contribution >= 4 is 33.2 Å². The molecule has 5 heteroatoms. The zero-order chi connectivity index (χ0) is 15.0. The van der Waals surface area contributed by atoms with Crippen LogP contribution in [0.3, 0.4) is 0 Å². The number of hydrogen-bond acceptors (Lipinski definition) is 2. The molecule has 3 nitrogen and oxygen atoms in total. The Bertz CT molecular complexity index is 756. The van der Waals surface area contributed by atoms with E-state index in [1.54, 1.807) is 17.4 Å². The first kappa shape index (κ1) is 14.7. The molecule has 21 heavy (non-hydrogen) atoms. The van der Waals surface area contributed by atoms with Gasteiger partial charge in [0.05, 0.1) is 5.56 Å². The lowest BCUT2D eigenvalue weighted by atomic mass is 10.2. The maximum atomic E-state index is 12.4. The molecule has 1 aliphatic rings. The third-order valence-corrected chi connectivity index (χ3v) is 5.62. The molecule has 0 atom stereocenters. The Kier molecular flexibility index (Phi) is 4.13. The van der Waals surface area contributed by atoms with Gasteiger partial charge in [0, 0.05) is 21.6 Å². The second-order valence-corrected chi connectivity index (χ2v) is 7.51. The van der Waals surface area contributed by atoms with Gasteiger partial charge in [-0.3, -0.25) is 4.79 Å². The molecule has 1 heterocycles. The summed E-state index contributed by atoms with van der Waals surface area (Å²) in [6.45, 7) is 5.18. The third-order valence-electron chi connectivity index (χ3n) is 3.83. The van der Waals surface area contributed by atoms with E-state index in [0.717, 1.165) is 21.7 Å². The van der Waals surface area contributed by atoms with Gasteiger partial charge in [-0.1, -0.05) is 12.1 Å². The van der Waals surface area contributed by atoms with Crippen molar-refractivity contribution in [2.45, 2.75) is 33.2 Å². The number of aromatic nitrogens is 1. The van der Waals surface area contributed by atoms with Crippen molar-refractivity contribution in [1.29, 1.82) is 0 Å². The molecule has 1 aromatic heterocycles. The van der Waals surface area contributed by atoms with Crippen LogP contribution in [0.25, 0.3) is 0 Å². The highest BCUT2D eigenvalue weighted by molar-refractivity contribution is 9.10. The van der Waals surface area contributed by atoms with Gasteiger partial charge < -0.3 is 4.57 Å². The Hall–Kier alpha value is -1.20. The highest BCUT2D eigenvalue weighted by Gasteiger charge is 2.23. The number of hydrogen-bond donors (Lipinski definition) is 0. The summed E-state index contributed by atoms with van der Waals surface area (Å²) in [6, 6.07) is 7.42. The number of benzene rings is 1. The zero-order valence-electron chi connectivity index (χ0n) is 12.1. The molecule has 0 aliphatic heterocycles. The monoisotopic (exact) mass is 364 g/mol. The molecule has 3 rings (SSSR count). The molecule has 0 spiro atoms. The van der Waals surface area contributed by atoms with Gasteiger partial charge in [-0.25, -0.2) is 0 Å². The molecule has 0 N–H and O–H groups in total. The number of aryl methyl sites for hydroxylation is 1. The van der Waals surface area contributed by atoms with Gasteiger partial charge in [-0.2, -0.15) is 4.99 Å². The Morgan fingerprint density at radius 3 is 2.76 bits per heavy atom. The number of thiazole rings is 1. The highest BCUT2D eigenvalue weighted by atomic mass is 79.9. The van der Waals surface area contributed by atoms with E-state index in [1.165, 1.54) is 23.4 Å². The summed E-state index contributed by atoms with van der Waals surface area (Å²) in [7, 11) is 0. The van der Waals surface area contributed by atoms with E-state index in [-0.39, 0.29) is 5.91 Å². The Morgan fingerprint density at radius 2 is 2.10 bits per heavy atom. The SMILES string of the molecule is Cc1sc(=NC(=O)c2ccccc2Br)n(CC2CC2)c1C. The lowest BCUT2D eigenvalue weighted by Gasteiger charge is -2.04. The normalized spacial score (nSPS) is 15.5. The third kappa shape index (κ3) is 3.19. The Labute approximate surface area is 136 Å². The molecule has 0 unspecified atom stereocenters. The van der Waals surface area contributed by atoms with E-state index in [2.05, 4.69) is 39.3 Å². The molecule has 2 aromatic rings. The summed E-state index contributed by atoms with van der Waals surface area (Å²) >= 11 is 5.01. The number of nitrogens with zero attached hydrogens (tertiary/aromatic N) is 2. The second kappa shape index (κ2) is 5.89. The van der Waals surface area contributed by atoms with Gasteiger partial charge in [0.2, 0.25) is 0 Å². The van der Waals surface area contributed by atoms with E-state index >= 15 is 0 Å². The van der Waals surface area contributed by atoms with Crippen LogP contribution in [-0.4, -0.2) is 10.5 Å². The summed E-state index contributed by atoms with van der Waals surface area (Å²) in [5, 5.41) is 0. The van der Waals surface area contributed by atoms with E-state index in [9.17, 15) is 4.79 Å². The molecule has 0 radical (unpaired) electrons. The number of carbonyl (C=O) groups is 1. The summed E-state index contributed by atoms with van der Waals surface area (Å²) in [5.41, 5.74) is 1.84. The van der Waals surface area contributed by atoms with E-state index < -0.39 is 0 Å². The van der Waals surface area contributed by atoms with Crippen molar-refractivity contribution in [2.24, 2.45) is 10.9 Å². The predicted molar refractivity (Wildman–Crippen MR) is 88.5 cm³/mol. The van der Waals surface area contributed by atoms with Crippen molar-refractivity contribution in [1.82, 2.24) is 4.57 Å². The van der Waals surface area contributed by atoms with Crippen molar-refractivity contribution in [3.63, 3.8) is 0 Å². The van der Waals surface area contributed by atoms with E-state index in [1.807, 2.05) is 18.2 Å². The summed E-state index contributed by atoms with van der Waals surface area (Å²) in [4.78, 5) is 18.8. The molecule has 1 aliphatic carbocycles. The maximum Gasteiger partial charge on any atom is 0.280 e. The smallest absolute Gasteiger partial charge is 0.280 e. The Balaban J connectivity index is 2.01. The van der Waals surface area contributed by atoms with Gasteiger partial charge in [0.15, 0.2) is 4.80 Å². The molecule has 1 amide bonds.